The summed E-state index contributed by atoms with van der Waals surface area (Å²) in [6, 6.07) is 6.62. The first kappa shape index (κ1) is 17.4. The van der Waals surface area contributed by atoms with Gasteiger partial charge in [-0.3, -0.25) is 0 Å². The van der Waals surface area contributed by atoms with E-state index in [2.05, 4.69) is 57.6 Å². The van der Waals surface area contributed by atoms with Gasteiger partial charge in [0.15, 0.2) is 0 Å². The van der Waals surface area contributed by atoms with Gasteiger partial charge in [-0.15, -0.1) is 0 Å². The summed E-state index contributed by atoms with van der Waals surface area (Å²) in [7, 11) is 6.18. The van der Waals surface area contributed by atoms with Gasteiger partial charge in [0, 0.05) is 31.9 Å². The van der Waals surface area contributed by atoms with Gasteiger partial charge in [0.05, 0.1) is 0 Å². The van der Waals surface area contributed by atoms with Crippen molar-refractivity contribution in [3.63, 3.8) is 0 Å². The lowest BCUT2D eigenvalue weighted by atomic mass is 9.92. The third-order valence-electron chi connectivity index (χ3n) is 3.45. The van der Waals surface area contributed by atoms with Crippen LogP contribution in [-0.2, 0) is 0 Å². The van der Waals surface area contributed by atoms with Crippen LogP contribution in [0.15, 0.2) is 42.6 Å². The Labute approximate surface area is 128 Å². The summed E-state index contributed by atoms with van der Waals surface area (Å²) in [6.07, 6.45) is 2.11. The van der Waals surface area contributed by atoms with Crippen molar-refractivity contribution >= 4 is 5.57 Å². The normalized spacial score (nSPS) is 12.1. The third-order valence-corrected chi connectivity index (χ3v) is 3.45. The predicted molar refractivity (Wildman–Crippen MR) is 89.5 cm³/mol. The van der Waals surface area contributed by atoms with E-state index in [0.29, 0.717) is 5.92 Å². The second-order valence-corrected chi connectivity index (χ2v) is 6.01. The Morgan fingerprint density at radius 2 is 1.71 bits per heavy atom. The van der Waals surface area contributed by atoms with Gasteiger partial charge in [-0.05, 0) is 43.3 Å². The number of allylic oxidation sites excluding steroid dienone is 2. The highest BCUT2D eigenvalue weighted by atomic mass is 19.1. The smallest absolute Gasteiger partial charge is 0.123 e. The van der Waals surface area contributed by atoms with E-state index >= 15 is 0 Å². The van der Waals surface area contributed by atoms with Gasteiger partial charge in [0.25, 0.3) is 0 Å². The average molecular weight is 290 g/mol. The molecule has 21 heavy (non-hydrogen) atoms. The van der Waals surface area contributed by atoms with E-state index in [9.17, 15) is 4.39 Å². The van der Waals surface area contributed by atoms with Crippen LogP contribution in [-0.4, -0.2) is 44.0 Å². The van der Waals surface area contributed by atoms with Crippen LogP contribution in [0.4, 0.5) is 4.39 Å². The van der Waals surface area contributed by atoms with Crippen LogP contribution in [0.5, 0.6) is 0 Å². The Balaban J connectivity index is 3.02. The molecule has 0 aliphatic heterocycles. The molecule has 0 saturated heterocycles. The fourth-order valence-corrected chi connectivity index (χ4v) is 1.93. The first-order chi connectivity index (χ1) is 9.81. The highest BCUT2D eigenvalue weighted by molar-refractivity contribution is 5.78. The Morgan fingerprint density at radius 1 is 1.14 bits per heavy atom. The maximum Gasteiger partial charge on any atom is 0.123 e. The minimum absolute atomic E-state index is 0.214. The number of nitrogens with zero attached hydrogens (tertiary/aromatic N) is 2. The Hall–Kier alpha value is -1.61. The summed E-state index contributed by atoms with van der Waals surface area (Å²) in [6.45, 7) is 10.4. The molecule has 116 valence electrons. The van der Waals surface area contributed by atoms with Crippen LogP contribution in [0.3, 0.4) is 0 Å². The molecule has 0 amide bonds. The summed E-state index contributed by atoms with van der Waals surface area (Å²) in [5.41, 5.74) is 3.15. The molecular formula is C18H27FN2. The molecule has 1 aromatic rings. The number of halogens is 1. The predicted octanol–water partition coefficient (Wildman–Crippen LogP) is 3.87. The number of hydrogen-bond acceptors (Lipinski definition) is 2. The number of benzene rings is 1. The first-order valence-electron chi connectivity index (χ1n) is 7.33. The summed E-state index contributed by atoms with van der Waals surface area (Å²) < 4.78 is 13.1. The van der Waals surface area contributed by atoms with Crippen molar-refractivity contribution < 1.29 is 4.39 Å². The van der Waals surface area contributed by atoms with Crippen molar-refractivity contribution in [1.82, 2.24) is 9.80 Å². The van der Waals surface area contributed by atoms with E-state index in [-0.39, 0.29) is 5.82 Å². The summed E-state index contributed by atoms with van der Waals surface area (Å²) in [4.78, 5) is 4.31. The molecule has 0 fully saturated rings. The van der Waals surface area contributed by atoms with Gasteiger partial charge in [-0.2, -0.15) is 0 Å². The highest BCUT2D eigenvalue weighted by Crippen LogP contribution is 2.27. The van der Waals surface area contributed by atoms with Gasteiger partial charge < -0.3 is 9.80 Å². The number of likely N-dealkylation sites (N-methyl/N-ethyl adjacent to an activating group) is 2. The number of hydrogen-bond donors (Lipinski definition) is 0. The average Bonchev–Trinajstić information content (AvgIpc) is 2.42. The van der Waals surface area contributed by atoms with Gasteiger partial charge >= 0.3 is 0 Å². The van der Waals surface area contributed by atoms with Crippen LogP contribution in [0.1, 0.15) is 19.4 Å². The molecule has 0 aliphatic carbocycles. The van der Waals surface area contributed by atoms with Gasteiger partial charge in [-0.25, -0.2) is 4.39 Å². The lowest BCUT2D eigenvalue weighted by Gasteiger charge is -2.22. The van der Waals surface area contributed by atoms with Crippen LogP contribution < -0.4 is 0 Å². The second-order valence-electron chi connectivity index (χ2n) is 6.01. The Kier molecular flexibility index (Phi) is 6.63. The molecule has 0 aromatic heterocycles. The fourth-order valence-electron chi connectivity index (χ4n) is 1.93. The van der Waals surface area contributed by atoms with Crippen molar-refractivity contribution in [3.8, 4) is 0 Å². The lowest BCUT2D eigenvalue weighted by molar-refractivity contribution is 0.341. The molecule has 0 radical (unpaired) electrons. The number of rotatable bonds is 7. The van der Waals surface area contributed by atoms with Crippen molar-refractivity contribution in [2.75, 3.05) is 34.2 Å². The molecule has 0 heterocycles. The van der Waals surface area contributed by atoms with Crippen LogP contribution >= 0.6 is 0 Å². The zero-order valence-corrected chi connectivity index (χ0v) is 13.9. The van der Waals surface area contributed by atoms with Crippen molar-refractivity contribution in [1.29, 1.82) is 0 Å². The molecule has 3 heteroatoms. The zero-order chi connectivity index (χ0) is 16.0. The van der Waals surface area contributed by atoms with E-state index in [0.717, 1.165) is 29.8 Å². The molecule has 2 nitrogen and oxygen atoms in total. The summed E-state index contributed by atoms with van der Waals surface area (Å²) in [5, 5.41) is 0. The first-order valence-corrected chi connectivity index (χ1v) is 7.33. The highest BCUT2D eigenvalue weighted by Gasteiger charge is 2.11. The van der Waals surface area contributed by atoms with Gasteiger partial charge in [0.2, 0.25) is 0 Å². The van der Waals surface area contributed by atoms with E-state index in [1.54, 1.807) is 0 Å². The molecule has 0 bridgehead atoms. The monoisotopic (exact) mass is 290 g/mol. The van der Waals surface area contributed by atoms with E-state index in [1.165, 1.54) is 12.1 Å². The van der Waals surface area contributed by atoms with Crippen LogP contribution in [0.25, 0.3) is 5.57 Å². The largest absolute Gasteiger partial charge is 0.379 e. The minimum atomic E-state index is -0.214. The summed E-state index contributed by atoms with van der Waals surface area (Å²) >= 11 is 0. The molecular weight excluding hydrogens is 263 g/mol. The van der Waals surface area contributed by atoms with Gasteiger partial charge in [0.1, 0.15) is 5.82 Å². The maximum absolute atomic E-state index is 13.1. The molecule has 1 rings (SSSR count). The van der Waals surface area contributed by atoms with E-state index in [1.807, 2.05) is 12.1 Å². The van der Waals surface area contributed by atoms with Gasteiger partial charge in [-0.1, -0.05) is 32.6 Å². The zero-order valence-electron chi connectivity index (χ0n) is 13.9. The molecule has 0 spiro atoms. The Bertz CT molecular complexity index is 486. The van der Waals surface area contributed by atoms with E-state index in [4.69, 9.17) is 0 Å². The molecule has 0 N–H and O–H groups in total. The second kappa shape index (κ2) is 7.99. The van der Waals surface area contributed by atoms with Crippen molar-refractivity contribution in [2.24, 2.45) is 5.92 Å². The SMILES string of the molecule is C=C(/C(=C\N(C)CCN(C)C)c1ccc(F)cc1)C(C)C. The van der Waals surface area contributed by atoms with Crippen molar-refractivity contribution in [2.45, 2.75) is 13.8 Å². The van der Waals surface area contributed by atoms with Crippen LogP contribution in [0, 0.1) is 11.7 Å². The lowest BCUT2D eigenvalue weighted by Crippen LogP contribution is -2.25. The molecule has 0 aliphatic rings. The third kappa shape index (κ3) is 5.72. The summed E-state index contributed by atoms with van der Waals surface area (Å²) in [5.74, 6) is 0.137. The minimum Gasteiger partial charge on any atom is -0.379 e. The standard InChI is InChI=1S/C18H27FN2/c1-14(2)15(3)18(13-21(6)12-11-20(4)5)16-7-9-17(19)10-8-16/h7-10,13-14H,3,11-12H2,1-2,4-6H3/b18-13+. The fraction of sp³-hybridized carbons (Fsp3) is 0.444. The topological polar surface area (TPSA) is 6.48 Å². The quantitative estimate of drug-likeness (QED) is 0.703. The molecule has 0 atom stereocenters. The molecule has 0 unspecified atom stereocenters. The Morgan fingerprint density at radius 3 is 2.19 bits per heavy atom. The van der Waals surface area contributed by atoms with Crippen molar-refractivity contribution in [3.05, 3.63) is 54.0 Å². The molecule has 0 saturated carbocycles. The maximum atomic E-state index is 13.1. The van der Waals surface area contributed by atoms with Crippen LogP contribution in [0.2, 0.25) is 0 Å². The van der Waals surface area contributed by atoms with E-state index < -0.39 is 0 Å². The molecule has 1 aromatic carbocycles.